The van der Waals surface area contributed by atoms with Crippen LogP contribution in [0, 0.1) is 0 Å². The fourth-order valence-electron chi connectivity index (χ4n) is 10.1. The van der Waals surface area contributed by atoms with Crippen LogP contribution in [0.4, 0.5) is 0 Å². The maximum absolute atomic E-state index is 3.39. The lowest BCUT2D eigenvalue weighted by atomic mass is 10.0. The van der Waals surface area contributed by atoms with Gasteiger partial charge in [-0.2, -0.15) is 0 Å². The third-order valence-electron chi connectivity index (χ3n) is 14.8. The number of nitrogens with one attached hydrogen (secondary N) is 1. The van der Waals surface area contributed by atoms with Gasteiger partial charge in [-0.05, 0) is 25.9 Å². The number of hydrogen-bond acceptors (Lipinski definition) is 1. The van der Waals surface area contributed by atoms with E-state index < -0.39 is 8.80 Å². The molecule has 2 heteroatoms. The zero-order valence-electron chi connectivity index (χ0n) is 46.4. The summed E-state index contributed by atoms with van der Waals surface area (Å²) >= 11 is 0. The van der Waals surface area contributed by atoms with Crippen molar-refractivity contribution in [2.24, 2.45) is 0 Å². The Morgan fingerprint density at radius 3 is 0.469 bits per heavy atom. The van der Waals surface area contributed by atoms with E-state index in [0.29, 0.717) is 0 Å². The highest BCUT2D eigenvalue weighted by molar-refractivity contribution is 6.58. The summed E-state index contributed by atoms with van der Waals surface area (Å²) in [5, 5.41) is 3.39. The molecule has 0 aliphatic heterocycles. The fourth-order valence-corrected chi connectivity index (χ4v) is 13.6. The van der Waals surface area contributed by atoms with E-state index in [0.717, 1.165) is 0 Å². The summed E-state index contributed by atoms with van der Waals surface area (Å²) in [5.41, 5.74) is 0. The van der Waals surface area contributed by atoms with Crippen LogP contribution in [0.2, 0.25) is 18.1 Å². The SMILES string of the molecule is CCCCCCCCCCCCCCCCCC[SiH](CCCCCCCCCCCCCCCCCC)CCCCCCCCCCCCCCCCCC.CCCCNCCCC. The van der Waals surface area contributed by atoms with Crippen LogP contribution in [-0.2, 0) is 0 Å². The molecule has 64 heavy (non-hydrogen) atoms. The Kier molecular flexibility index (Phi) is 67.6. The van der Waals surface area contributed by atoms with Crippen molar-refractivity contribution >= 4 is 8.80 Å². The predicted octanol–water partition coefficient (Wildman–Crippen LogP) is 23.2. The topological polar surface area (TPSA) is 12.0 Å². The maximum atomic E-state index is 3.39. The van der Waals surface area contributed by atoms with Crippen molar-refractivity contribution in [2.45, 2.75) is 387 Å². The van der Waals surface area contributed by atoms with Crippen LogP contribution in [0.3, 0.4) is 0 Å². The molecule has 0 aliphatic rings. The van der Waals surface area contributed by atoms with E-state index in [2.05, 4.69) is 39.9 Å². The van der Waals surface area contributed by atoms with Gasteiger partial charge in [0, 0.05) is 8.80 Å². The van der Waals surface area contributed by atoms with Gasteiger partial charge in [-0.1, -0.05) is 374 Å². The molecule has 388 valence electrons. The average molecular weight is 919 g/mol. The van der Waals surface area contributed by atoms with Crippen molar-refractivity contribution in [1.29, 1.82) is 0 Å². The molecule has 0 amide bonds. The molecule has 0 heterocycles. The van der Waals surface area contributed by atoms with Crippen LogP contribution in [0.5, 0.6) is 0 Å². The zero-order valence-corrected chi connectivity index (χ0v) is 47.5. The molecule has 0 aromatic rings. The fraction of sp³-hybridized carbons (Fsp3) is 1.00. The van der Waals surface area contributed by atoms with E-state index in [1.165, 1.54) is 308 Å². The molecule has 1 nitrogen and oxygen atoms in total. The molecule has 0 spiro atoms. The third kappa shape index (κ3) is 64.3. The highest BCUT2D eigenvalue weighted by Crippen LogP contribution is 2.22. The molecule has 0 unspecified atom stereocenters. The Morgan fingerprint density at radius 2 is 0.312 bits per heavy atom. The molecular weight excluding hydrogens is 787 g/mol. The van der Waals surface area contributed by atoms with Gasteiger partial charge in [-0.3, -0.25) is 0 Å². The smallest absolute Gasteiger partial charge is 0.0367 e. The summed E-state index contributed by atoms with van der Waals surface area (Å²) in [5.74, 6) is 0. The first-order valence-electron chi connectivity index (χ1n) is 31.5. The van der Waals surface area contributed by atoms with Gasteiger partial charge >= 0.3 is 0 Å². The number of rotatable bonds is 57. The van der Waals surface area contributed by atoms with Crippen molar-refractivity contribution in [3.63, 3.8) is 0 Å². The van der Waals surface area contributed by atoms with Crippen LogP contribution in [0.15, 0.2) is 0 Å². The summed E-state index contributed by atoms with van der Waals surface area (Å²) in [4.78, 5) is 0. The summed E-state index contributed by atoms with van der Waals surface area (Å²) in [6, 6.07) is 5.03. The molecule has 1 N–H and O–H groups in total. The molecule has 0 atom stereocenters. The van der Waals surface area contributed by atoms with Crippen LogP contribution in [-0.4, -0.2) is 21.9 Å². The van der Waals surface area contributed by atoms with Gasteiger partial charge in [-0.15, -0.1) is 0 Å². The Bertz CT molecular complexity index is 647. The van der Waals surface area contributed by atoms with Gasteiger partial charge in [0.05, 0.1) is 0 Å². The summed E-state index contributed by atoms with van der Waals surface area (Å²) < 4.78 is 0. The normalized spacial score (nSPS) is 11.5. The molecule has 0 fully saturated rings. The zero-order chi connectivity index (χ0) is 46.6. The Balaban J connectivity index is 0. The first-order valence-corrected chi connectivity index (χ1v) is 33.9. The van der Waals surface area contributed by atoms with Crippen molar-refractivity contribution in [1.82, 2.24) is 5.32 Å². The Hall–Kier alpha value is 0.177. The Morgan fingerprint density at radius 1 is 0.172 bits per heavy atom. The minimum absolute atomic E-state index is 0.513. The van der Waals surface area contributed by atoms with Gasteiger partial charge in [0.15, 0.2) is 0 Å². The van der Waals surface area contributed by atoms with Crippen LogP contribution >= 0.6 is 0 Å². The Labute approximate surface area is 412 Å². The van der Waals surface area contributed by atoms with E-state index >= 15 is 0 Å². The first-order chi connectivity index (χ1) is 31.8. The highest BCUT2D eigenvalue weighted by atomic mass is 28.3. The number of unbranched alkanes of at least 4 members (excludes halogenated alkanes) is 47. The molecule has 0 rings (SSSR count). The third-order valence-corrected chi connectivity index (χ3v) is 18.5. The van der Waals surface area contributed by atoms with Crippen molar-refractivity contribution in [3.05, 3.63) is 0 Å². The van der Waals surface area contributed by atoms with Crippen LogP contribution in [0.1, 0.15) is 369 Å². The van der Waals surface area contributed by atoms with Gasteiger partial charge in [0.1, 0.15) is 0 Å². The van der Waals surface area contributed by atoms with Gasteiger partial charge in [0.2, 0.25) is 0 Å². The lowest BCUT2D eigenvalue weighted by Crippen LogP contribution is -2.15. The molecule has 0 aromatic heterocycles. The lowest BCUT2D eigenvalue weighted by molar-refractivity contribution is 0.530. The summed E-state index contributed by atoms with van der Waals surface area (Å²) in [6.07, 6.45) is 77.0. The van der Waals surface area contributed by atoms with Crippen molar-refractivity contribution in [3.8, 4) is 0 Å². The standard InChI is InChI=1S/C54H112Si.C8H19N/c1-4-7-10-13-16-19-22-25-28-31-34-37-40-43-46-49-52-55(53-50-47-44-41-38-35-32-29-26-23-20-17-14-11-8-5-2)54-51-48-45-42-39-36-33-30-27-24-21-18-15-12-9-6-3;1-3-5-7-9-8-6-4-2/h55H,4-54H2,1-3H3;9H,3-8H2,1-2H3. The van der Waals surface area contributed by atoms with E-state index in [9.17, 15) is 0 Å². The largest absolute Gasteiger partial charge is 0.317 e. The second-order valence-corrected chi connectivity index (χ2v) is 25.1. The average Bonchev–Trinajstić information content (AvgIpc) is 3.31. The second-order valence-electron chi connectivity index (χ2n) is 21.6. The molecular formula is C62H131NSi. The van der Waals surface area contributed by atoms with Crippen molar-refractivity contribution in [2.75, 3.05) is 13.1 Å². The monoisotopic (exact) mass is 918 g/mol. The maximum Gasteiger partial charge on any atom is 0.0367 e. The minimum atomic E-state index is -0.513. The van der Waals surface area contributed by atoms with Gasteiger partial charge < -0.3 is 5.32 Å². The van der Waals surface area contributed by atoms with E-state index in [4.69, 9.17) is 0 Å². The van der Waals surface area contributed by atoms with Crippen molar-refractivity contribution < 1.29 is 0 Å². The summed E-state index contributed by atoms with van der Waals surface area (Å²) in [6.45, 7) is 13.8. The van der Waals surface area contributed by atoms with E-state index in [-0.39, 0.29) is 0 Å². The molecule has 0 saturated carbocycles. The highest BCUT2D eigenvalue weighted by Gasteiger charge is 2.11. The predicted molar refractivity (Wildman–Crippen MR) is 303 cm³/mol. The molecule has 0 radical (unpaired) electrons. The quantitative estimate of drug-likeness (QED) is 0.0473. The molecule has 0 bridgehead atoms. The molecule has 0 aliphatic carbocycles. The van der Waals surface area contributed by atoms with E-state index in [1.54, 1.807) is 56.7 Å². The molecule has 0 saturated heterocycles. The second kappa shape index (κ2) is 65.3. The van der Waals surface area contributed by atoms with Crippen LogP contribution < -0.4 is 5.32 Å². The minimum Gasteiger partial charge on any atom is -0.317 e. The van der Waals surface area contributed by atoms with Gasteiger partial charge in [0.25, 0.3) is 0 Å². The first kappa shape index (κ1) is 66.3. The van der Waals surface area contributed by atoms with E-state index in [1.807, 2.05) is 0 Å². The lowest BCUT2D eigenvalue weighted by Gasteiger charge is -2.15. The van der Waals surface area contributed by atoms with Gasteiger partial charge in [-0.25, -0.2) is 0 Å². The summed E-state index contributed by atoms with van der Waals surface area (Å²) in [7, 11) is -0.513. The number of hydrogen-bond donors (Lipinski definition) is 1. The molecule has 0 aromatic carbocycles. The van der Waals surface area contributed by atoms with Crippen LogP contribution in [0.25, 0.3) is 0 Å².